The molecule has 1 aromatic heterocycles. The fourth-order valence-electron chi connectivity index (χ4n) is 1.92. The Morgan fingerprint density at radius 2 is 2.57 bits per heavy atom. The Hall–Kier alpha value is -0.870. The molecule has 1 aromatic rings. The van der Waals surface area contributed by atoms with Crippen molar-refractivity contribution in [3.05, 3.63) is 18.2 Å². The summed E-state index contributed by atoms with van der Waals surface area (Å²) < 4.78 is 7.76. The van der Waals surface area contributed by atoms with Crippen molar-refractivity contribution in [2.24, 2.45) is 5.73 Å². The van der Waals surface area contributed by atoms with Gasteiger partial charge in [0, 0.05) is 31.6 Å². The molecule has 2 rings (SSSR count). The molecule has 0 spiro atoms. The second-order valence-corrected chi connectivity index (χ2v) is 3.67. The van der Waals surface area contributed by atoms with Crippen LogP contribution in [0.5, 0.6) is 0 Å². The molecule has 1 saturated heterocycles. The summed E-state index contributed by atoms with van der Waals surface area (Å²) in [4.78, 5) is 4.32. The van der Waals surface area contributed by atoms with Crippen LogP contribution in [0.3, 0.4) is 0 Å². The Morgan fingerprint density at radius 1 is 1.71 bits per heavy atom. The van der Waals surface area contributed by atoms with E-state index in [1.807, 2.05) is 12.4 Å². The Labute approximate surface area is 84.1 Å². The first kappa shape index (κ1) is 9.68. The van der Waals surface area contributed by atoms with Crippen molar-refractivity contribution in [1.82, 2.24) is 9.55 Å². The third-order valence-electron chi connectivity index (χ3n) is 2.71. The summed E-state index contributed by atoms with van der Waals surface area (Å²) in [6.45, 7) is 3.82. The fraction of sp³-hybridized carbons (Fsp3) is 0.700. The predicted octanol–water partition coefficient (Wildman–Crippen LogP) is 1.08. The summed E-state index contributed by atoms with van der Waals surface area (Å²) in [5.74, 6) is 0.972. The van der Waals surface area contributed by atoms with Crippen LogP contribution in [0, 0.1) is 0 Å². The smallest absolute Gasteiger partial charge is 0.139 e. The Balaban J connectivity index is 2.20. The fourth-order valence-corrected chi connectivity index (χ4v) is 1.92. The first-order chi connectivity index (χ1) is 6.83. The Bertz CT molecular complexity index is 297. The van der Waals surface area contributed by atoms with Crippen molar-refractivity contribution in [2.45, 2.75) is 38.5 Å². The molecule has 2 atom stereocenters. The standard InChI is InChI=1S/C10H17N3O/c1-2-13-6-5-12-10(13)9-8(11)4-3-7-14-9/h5-6,8-9H,2-4,7,11H2,1H3. The predicted molar refractivity (Wildman–Crippen MR) is 53.8 cm³/mol. The highest BCUT2D eigenvalue weighted by atomic mass is 16.5. The third kappa shape index (κ3) is 1.67. The maximum absolute atomic E-state index is 6.02. The maximum atomic E-state index is 6.02. The van der Waals surface area contributed by atoms with E-state index in [0.717, 1.165) is 31.8 Å². The zero-order chi connectivity index (χ0) is 9.97. The molecule has 78 valence electrons. The summed E-state index contributed by atoms with van der Waals surface area (Å²) in [5.41, 5.74) is 6.02. The molecule has 0 bridgehead atoms. The SMILES string of the molecule is CCn1ccnc1C1OCCCC1N. The molecular weight excluding hydrogens is 178 g/mol. The van der Waals surface area contributed by atoms with Gasteiger partial charge in [0.1, 0.15) is 11.9 Å². The molecule has 0 radical (unpaired) electrons. The Kier molecular flexibility index (Phi) is 2.84. The molecule has 0 amide bonds. The van der Waals surface area contributed by atoms with Gasteiger partial charge in [-0.1, -0.05) is 0 Å². The summed E-state index contributed by atoms with van der Waals surface area (Å²) in [6.07, 6.45) is 5.86. The monoisotopic (exact) mass is 195 g/mol. The lowest BCUT2D eigenvalue weighted by Gasteiger charge is -2.28. The first-order valence-electron chi connectivity index (χ1n) is 5.21. The number of rotatable bonds is 2. The highest BCUT2D eigenvalue weighted by molar-refractivity contribution is 5.01. The van der Waals surface area contributed by atoms with Crippen molar-refractivity contribution < 1.29 is 4.74 Å². The quantitative estimate of drug-likeness (QED) is 0.768. The van der Waals surface area contributed by atoms with Gasteiger partial charge in [-0.2, -0.15) is 0 Å². The van der Waals surface area contributed by atoms with E-state index in [9.17, 15) is 0 Å². The average Bonchev–Trinajstić information content (AvgIpc) is 2.66. The molecule has 1 aliphatic heterocycles. The summed E-state index contributed by atoms with van der Waals surface area (Å²) >= 11 is 0. The zero-order valence-corrected chi connectivity index (χ0v) is 8.52. The second-order valence-electron chi connectivity index (χ2n) is 3.67. The normalized spacial score (nSPS) is 27.9. The lowest BCUT2D eigenvalue weighted by atomic mass is 10.0. The zero-order valence-electron chi connectivity index (χ0n) is 8.52. The summed E-state index contributed by atoms with van der Waals surface area (Å²) in [6, 6.07) is 0.0939. The Morgan fingerprint density at radius 3 is 3.29 bits per heavy atom. The van der Waals surface area contributed by atoms with Crippen LogP contribution in [-0.4, -0.2) is 22.2 Å². The van der Waals surface area contributed by atoms with Crippen LogP contribution in [0.2, 0.25) is 0 Å². The minimum Gasteiger partial charge on any atom is -0.369 e. The van der Waals surface area contributed by atoms with Crippen LogP contribution < -0.4 is 5.73 Å². The van der Waals surface area contributed by atoms with E-state index in [-0.39, 0.29) is 12.1 Å². The van der Waals surface area contributed by atoms with Gasteiger partial charge in [0.2, 0.25) is 0 Å². The van der Waals surface area contributed by atoms with E-state index in [4.69, 9.17) is 10.5 Å². The van der Waals surface area contributed by atoms with Crippen LogP contribution in [0.1, 0.15) is 31.7 Å². The molecule has 1 aliphatic rings. The minimum atomic E-state index is -0.0151. The van der Waals surface area contributed by atoms with E-state index in [1.54, 1.807) is 0 Å². The van der Waals surface area contributed by atoms with Gasteiger partial charge in [-0.25, -0.2) is 4.98 Å². The number of aromatic nitrogens is 2. The lowest BCUT2D eigenvalue weighted by molar-refractivity contribution is -0.00711. The first-order valence-corrected chi connectivity index (χ1v) is 5.21. The second kappa shape index (κ2) is 4.11. The van der Waals surface area contributed by atoms with Gasteiger partial charge in [0.25, 0.3) is 0 Å². The molecule has 2 unspecified atom stereocenters. The van der Waals surface area contributed by atoms with Gasteiger partial charge in [-0.15, -0.1) is 0 Å². The van der Waals surface area contributed by atoms with Crippen LogP contribution in [0.15, 0.2) is 12.4 Å². The van der Waals surface area contributed by atoms with Crippen molar-refractivity contribution in [3.8, 4) is 0 Å². The topological polar surface area (TPSA) is 53.1 Å². The van der Waals surface area contributed by atoms with E-state index < -0.39 is 0 Å². The molecule has 14 heavy (non-hydrogen) atoms. The van der Waals surface area contributed by atoms with E-state index >= 15 is 0 Å². The van der Waals surface area contributed by atoms with Crippen molar-refractivity contribution in [3.63, 3.8) is 0 Å². The van der Waals surface area contributed by atoms with Crippen molar-refractivity contribution >= 4 is 0 Å². The number of nitrogens with zero attached hydrogens (tertiary/aromatic N) is 2. The molecule has 1 fully saturated rings. The molecule has 4 heteroatoms. The molecule has 0 saturated carbocycles. The van der Waals surface area contributed by atoms with Gasteiger partial charge < -0.3 is 15.0 Å². The number of hydrogen-bond donors (Lipinski definition) is 1. The van der Waals surface area contributed by atoms with E-state index in [2.05, 4.69) is 16.5 Å². The van der Waals surface area contributed by atoms with Gasteiger partial charge >= 0.3 is 0 Å². The summed E-state index contributed by atoms with van der Waals surface area (Å²) in [5, 5.41) is 0. The minimum absolute atomic E-state index is 0.0151. The third-order valence-corrected chi connectivity index (χ3v) is 2.71. The largest absolute Gasteiger partial charge is 0.369 e. The number of hydrogen-bond acceptors (Lipinski definition) is 3. The van der Waals surface area contributed by atoms with Crippen molar-refractivity contribution in [2.75, 3.05) is 6.61 Å². The number of ether oxygens (including phenoxy) is 1. The number of imidazole rings is 1. The number of nitrogens with two attached hydrogens (primary N) is 1. The maximum Gasteiger partial charge on any atom is 0.139 e. The van der Waals surface area contributed by atoms with Crippen LogP contribution in [-0.2, 0) is 11.3 Å². The number of aryl methyl sites for hydroxylation is 1. The summed E-state index contributed by atoms with van der Waals surface area (Å²) in [7, 11) is 0. The van der Waals surface area contributed by atoms with Crippen LogP contribution in [0.4, 0.5) is 0 Å². The van der Waals surface area contributed by atoms with Gasteiger partial charge in [0.15, 0.2) is 0 Å². The highest BCUT2D eigenvalue weighted by Gasteiger charge is 2.27. The average molecular weight is 195 g/mol. The van der Waals surface area contributed by atoms with Crippen LogP contribution in [0.25, 0.3) is 0 Å². The molecular formula is C10H17N3O. The van der Waals surface area contributed by atoms with Crippen LogP contribution >= 0.6 is 0 Å². The molecule has 2 heterocycles. The lowest BCUT2D eigenvalue weighted by Crippen LogP contribution is -2.36. The van der Waals surface area contributed by atoms with Gasteiger partial charge in [-0.05, 0) is 19.8 Å². The van der Waals surface area contributed by atoms with Gasteiger partial charge in [-0.3, -0.25) is 0 Å². The molecule has 0 aromatic carbocycles. The van der Waals surface area contributed by atoms with E-state index in [1.165, 1.54) is 0 Å². The molecule has 2 N–H and O–H groups in total. The van der Waals surface area contributed by atoms with E-state index in [0.29, 0.717) is 0 Å². The van der Waals surface area contributed by atoms with Gasteiger partial charge in [0.05, 0.1) is 0 Å². The highest BCUT2D eigenvalue weighted by Crippen LogP contribution is 2.25. The molecule has 4 nitrogen and oxygen atoms in total. The van der Waals surface area contributed by atoms with Crippen molar-refractivity contribution in [1.29, 1.82) is 0 Å². The molecule has 0 aliphatic carbocycles.